The smallest absolute Gasteiger partial charge is 0.171 e. The van der Waals surface area contributed by atoms with Crippen LogP contribution in [0.3, 0.4) is 0 Å². The molecule has 16 heavy (non-hydrogen) atoms. The molecule has 1 N–H and O–H groups in total. The minimum atomic E-state index is -0.187. The van der Waals surface area contributed by atoms with Gasteiger partial charge in [-0.1, -0.05) is 0 Å². The van der Waals surface area contributed by atoms with Crippen LogP contribution in [-0.2, 0) is 16.0 Å². The van der Waals surface area contributed by atoms with Gasteiger partial charge >= 0.3 is 0 Å². The van der Waals surface area contributed by atoms with Crippen molar-refractivity contribution in [3.05, 3.63) is 18.7 Å². The Balaban J connectivity index is 2.10. The third kappa shape index (κ3) is 4.30. The number of ether oxygens (including phenoxy) is 2. The molecule has 0 aliphatic carbocycles. The Bertz CT molecular complexity index is 260. The summed E-state index contributed by atoms with van der Waals surface area (Å²) in [5.41, 5.74) is 0. The lowest BCUT2D eigenvalue weighted by atomic mass is 10.3. The van der Waals surface area contributed by atoms with Crippen LogP contribution in [-0.4, -0.2) is 42.6 Å². The van der Waals surface area contributed by atoms with Gasteiger partial charge in [-0.15, -0.1) is 0 Å². The van der Waals surface area contributed by atoms with Crippen molar-refractivity contribution in [3.8, 4) is 0 Å². The Labute approximate surface area is 96.8 Å². The zero-order chi connectivity index (χ0) is 11.8. The van der Waals surface area contributed by atoms with Crippen LogP contribution in [0.1, 0.15) is 13.3 Å². The summed E-state index contributed by atoms with van der Waals surface area (Å²) in [5, 5.41) is 3.36. The number of aryl methyl sites for hydroxylation is 1. The molecule has 0 fully saturated rings. The lowest BCUT2D eigenvalue weighted by molar-refractivity contribution is -0.119. The first-order chi connectivity index (χ1) is 7.77. The molecule has 5 heteroatoms. The van der Waals surface area contributed by atoms with Gasteiger partial charge in [0.05, 0.1) is 12.4 Å². The van der Waals surface area contributed by atoms with Gasteiger partial charge in [0.2, 0.25) is 0 Å². The Kier molecular flexibility index (Phi) is 6.07. The van der Waals surface area contributed by atoms with Crippen LogP contribution in [0.5, 0.6) is 0 Å². The van der Waals surface area contributed by atoms with Crippen LogP contribution < -0.4 is 5.32 Å². The minimum absolute atomic E-state index is 0.187. The molecule has 0 aliphatic rings. The number of methoxy groups -OCH3 is 2. The van der Waals surface area contributed by atoms with Crippen LogP contribution in [0, 0.1) is 0 Å². The van der Waals surface area contributed by atoms with E-state index in [1.165, 1.54) is 0 Å². The second kappa shape index (κ2) is 7.38. The molecular formula is C11H21N3O2. The largest absolute Gasteiger partial charge is 0.354 e. The van der Waals surface area contributed by atoms with Crippen LogP contribution >= 0.6 is 0 Å². The first kappa shape index (κ1) is 13.2. The standard InChI is InChI=1S/C11H21N3O2/c1-10(11(15-2)16-3)13-5-4-7-14-8-6-12-9-14/h6,8-11,13H,4-5,7H2,1-3H3. The van der Waals surface area contributed by atoms with Crippen molar-refractivity contribution in [2.45, 2.75) is 32.2 Å². The summed E-state index contributed by atoms with van der Waals surface area (Å²) >= 11 is 0. The highest BCUT2D eigenvalue weighted by Gasteiger charge is 2.13. The number of hydrogen-bond donors (Lipinski definition) is 1. The molecule has 0 amide bonds. The van der Waals surface area contributed by atoms with Gasteiger partial charge in [-0.3, -0.25) is 0 Å². The van der Waals surface area contributed by atoms with Gasteiger partial charge in [0.15, 0.2) is 6.29 Å². The summed E-state index contributed by atoms with van der Waals surface area (Å²) in [6, 6.07) is 0.192. The molecule has 1 atom stereocenters. The zero-order valence-electron chi connectivity index (χ0n) is 10.2. The van der Waals surface area contributed by atoms with Gasteiger partial charge in [0.25, 0.3) is 0 Å². The number of aromatic nitrogens is 2. The maximum absolute atomic E-state index is 5.16. The van der Waals surface area contributed by atoms with Crippen molar-refractivity contribution in [3.63, 3.8) is 0 Å². The summed E-state index contributed by atoms with van der Waals surface area (Å²) in [7, 11) is 3.30. The molecule has 0 saturated carbocycles. The summed E-state index contributed by atoms with van der Waals surface area (Å²) in [6.45, 7) is 3.96. The minimum Gasteiger partial charge on any atom is -0.354 e. The van der Waals surface area contributed by atoms with E-state index >= 15 is 0 Å². The number of imidazole rings is 1. The van der Waals surface area contributed by atoms with E-state index < -0.39 is 0 Å². The van der Waals surface area contributed by atoms with Gasteiger partial charge in [-0.2, -0.15) is 0 Å². The maximum Gasteiger partial charge on any atom is 0.171 e. The average molecular weight is 227 g/mol. The molecule has 1 aromatic heterocycles. The van der Waals surface area contributed by atoms with Crippen LogP contribution in [0.25, 0.3) is 0 Å². The highest BCUT2D eigenvalue weighted by molar-refractivity contribution is 4.74. The average Bonchev–Trinajstić information content (AvgIpc) is 2.79. The number of nitrogens with one attached hydrogen (secondary N) is 1. The fraction of sp³-hybridized carbons (Fsp3) is 0.727. The molecule has 0 aromatic carbocycles. The number of nitrogens with zero attached hydrogens (tertiary/aromatic N) is 2. The summed E-state index contributed by atoms with van der Waals surface area (Å²) < 4.78 is 12.4. The third-order valence-corrected chi connectivity index (χ3v) is 2.49. The number of rotatable bonds is 8. The van der Waals surface area contributed by atoms with Gasteiger partial charge < -0.3 is 19.4 Å². The molecule has 0 bridgehead atoms. The highest BCUT2D eigenvalue weighted by Crippen LogP contribution is 1.98. The highest BCUT2D eigenvalue weighted by atomic mass is 16.7. The molecule has 0 spiro atoms. The lowest BCUT2D eigenvalue weighted by Crippen LogP contribution is -2.40. The van der Waals surface area contributed by atoms with E-state index in [0.29, 0.717) is 0 Å². The van der Waals surface area contributed by atoms with Gasteiger partial charge in [0.1, 0.15) is 0 Å². The fourth-order valence-electron chi connectivity index (χ4n) is 1.61. The molecule has 0 radical (unpaired) electrons. The number of hydrogen-bond acceptors (Lipinski definition) is 4. The second-order valence-electron chi connectivity index (χ2n) is 3.74. The van der Waals surface area contributed by atoms with Gasteiger partial charge in [-0.25, -0.2) is 4.98 Å². The van der Waals surface area contributed by atoms with E-state index in [0.717, 1.165) is 19.5 Å². The van der Waals surface area contributed by atoms with Crippen LogP contribution in [0.2, 0.25) is 0 Å². The van der Waals surface area contributed by atoms with Crippen molar-refractivity contribution in [1.29, 1.82) is 0 Å². The molecule has 0 aliphatic heterocycles. The van der Waals surface area contributed by atoms with E-state index in [2.05, 4.69) is 21.8 Å². The first-order valence-corrected chi connectivity index (χ1v) is 5.52. The summed E-state index contributed by atoms with van der Waals surface area (Å²) in [4.78, 5) is 3.99. The Hall–Kier alpha value is -0.910. The molecule has 1 heterocycles. The molecule has 92 valence electrons. The van der Waals surface area contributed by atoms with Crippen molar-refractivity contribution < 1.29 is 9.47 Å². The molecule has 1 aromatic rings. The summed E-state index contributed by atoms with van der Waals surface area (Å²) in [6.07, 6.45) is 6.46. The van der Waals surface area contributed by atoms with E-state index in [1.54, 1.807) is 20.4 Å². The lowest BCUT2D eigenvalue weighted by Gasteiger charge is -2.22. The first-order valence-electron chi connectivity index (χ1n) is 5.52. The van der Waals surface area contributed by atoms with E-state index in [-0.39, 0.29) is 12.3 Å². The molecule has 1 rings (SSSR count). The maximum atomic E-state index is 5.16. The van der Waals surface area contributed by atoms with Crippen molar-refractivity contribution in [2.24, 2.45) is 0 Å². The molecular weight excluding hydrogens is 206 g/mol. The second-order valence-corrected chi connectivity index (χ2v) is 3.74. The SMILES string of the molecule is COC(OC)C(C)NCCCn1ccnc1. The molecule has 5 nitrogen and oxygen atoms in total. The monoisotopic (exact) mass is 227 g/mol. The molecule has 0 saturated heterocycles. The van der Waals surface area contributed by atoms with Crippen LogP contribution in [0.15, 0.2) is 18.7 Å². The normalized spacial score (nSPS) is 13.2. The van der Waals surface area contributed by atoms with Crippen molar-refractivity contribution in [1.82, 2.24) is 14.9 Å². The Morgan fingerprint density at radius 3 is 2.69 bits per heavy atom. The van der Waals surface area contributed by atoms with Gasteiger partial charge in [0, 0.05) is 33.2 Å². The van der Waals surface area contributed by atoms with E-state index in [1.807, 2.05) is 12.5 Å². The third-order valence-electron chi connectivity index (χ3n) is 2.49. The van der Waals surface area contributed by atoms with Crippen molar-refractivity contribution in [2.75, 3.05) is 20.8 Å². The Morgan fingerprint density at radius 2 is 2.12 bits per heavy atom. The predicted molar refractivity (Wildman–Crippen MR) is 62.1 cm³/mol. The Morgan fingerprint density at radius 1 is 1.38 bits per heavy atom. The molecule has 1 unspecified atom stereocenters. The topological polar surface area (TPSA) is 48.3 Å². The van der Waals surface area contributed by atoms with Crippen molar-refractivity contribution >= 4 is 0 Å². The van der Waals surface area contributed by atoms with E-state index in [9.17, 15) is 0 Å². The quantitative estimate of drug-likeness (QED) is 0.529. The van der Waals surface area contributed by atoms with E-state index in [4.69, 9.17) is 9.47 Å². The summed E-state index contributed by atoms with van der Waals surface area (Å²) in [5.74, 6) is 0. The zero-order valence-corrected chi connectivity index (χ0v) is 10.2. The van der Waals surface area contributed by atoms with Gasteiger partial charge in [-0.05, 0) is 19.9 Å². The predicted octanol–water partition coefficient (Wildman–Crippen LogP) is 0.870. The van der Waals surface area contributed by atoms with Crippen LogP contribution in [0.4, 0.5) is 0 Å². The fourth-order valence-corrected chi connectivity index (χ4v) is 1.61.